The van der Waals surface area contributed by atoms with E-state index < -0.39 is 6.09 Å². The SMILES string of the molecule is CNC(=O)O[C@H]1[N]CC[C@@H]1c1ccccc1. The fraction of sp³-hybridized carbons (Fsp3) is 0.417. The maximum atomic E-state index is 11.2. The highest BCUT2D eigenvalue weighted by Gasteiger charge is 2.32. The molecule has 1 aliphatic rings. The van der Waals surface area contributed by atoms with Crippen LogP contribution in [0.2, 0.25) is 0 Å². The van der Waals surface area contributed by atoms with E-state index >= 15 is 0 Å². The van der Waals surface area contributed by atoms with Crippen LogP contribution in [0.1, 0.15) is 17.9 Å². The number of hydrogen-bond donors (Lipinski definition) is 1. The molecule has 1 fully saturated rings. The smallest absolute Gasteiger partial charge is 0.408 e. The zero-order valence-electron chi connectivity index (χ0n) is 9.22. The number of benzene rings is 1. The van der Waals surface area contributed by atoms with E-state index in [-0.39, 0.29) is 12.1 Å². The minimum Gasteiger partial charge on any atom is -0.428 e. The number of nitrogens with zero attached hydrogens (tertiary/aromatic N) is 1. The zero-order chi connectivity index (χ0) is 11.4. The van der Waals surface area contributed by atoms with Crippen LogP contribution >= 0.6 is 0 Å². The normalized spacial score (nSPS) is 24.1. The van der Waals surface area contributed by atoms with Crippen LogP contribution in [0.3, 0.4) is 0 Å². The largest absolute Gasteiger partial charge is 0.428 e. The van der Waals surface area contributed by atoms with Gasteiger partial charge in [0.05, 0.1) is 0 Å². The van der Waals surface area contributed by atoms with Crippen molar-refractivity contribution in [3.63, 3.8) is 0 Å². The molecule has 1 heterocycles. The van der Waals surface area contributed by atoms with Crippen molar-refractivity contribution in [3.05, 3.63) is 35.9 Å². The number of amides is 1. The molecule has 1 saturated heterocycles. The Bertz CT molecular complexity index is 353. The summed E-state index contributed by atoms with van der Waals surface area (Å²) in [7, 11) is 1.55. The van der Waals surface area contributed by atoms with Crippen molar-refractivity contribution in [1.29, 1.82) is 0 Å². The highest BCUT2D eigenvalue weighted by Crippen LogP contribution is 2.29. The van der Waals surface area contributed by atoms with Gasteiger partial charge < -0.3 is 10.1 Å². The van der Waals surface area contributed by atoms with E-state index in [0.717, 1.165) is 13.0 Å². The molecule has 16 heavy (non-hydrogen) atoms. The number of rotatable bonds is 2. The Morgan fingerprint density at radius 1 is 1.44 bits per heavy atom. The average Bonchev–Trinajstić information content (AvgIpc) is 2.78. The molecule has 0 aliphatic carbocycles. The molecule has 4 nitrogen and oxygen atoms in total. The van der Waals surface area contributed by atoms with E-state index in [1.807, 2.05) is 30.3 Å². The van der Waals surface area contributed by atoms with Crippen LogP contribution in [-0.2, 0) is 4.74 Å². The summed E-state index contributed by atoms with van der Waals surface area (Å²) in [4.78, 5) is 11.2. The van der Waals surface area contributed by atoms with Crippen molar-refractivity contribution in [1.82, 2.24) is 10.6 Å². The van der Waals surface area contributed by atoms with Crippen LogP contribution in [0.15, 0.2) is 30.3 Å². The monoisotopic (exact) mass is 219 g/mol. The van der Waals surface area contributed by atoms with Gasteiger partial charge in [0.1, 0.15) is 0 Å². The Balaban J connectivity index is 2.06. The molecule has 1 amide bonds. The highest BCUT2D eigenvalue weighted by molar-refractivity contribution is 5.67. The molecule has 2 atom stereocenters. The first-order valence-electron chi connectivity index (χ1n) is 5.41. The van der Waals surface area contributed by atoms with Crippen LogP contribution in [-0.4, -0.2) is 25.9 Å². The van der Waals surface area contributed by atoms with Gasteiger partial charge >= 0.3 is 6.09 Å². The summed E-state index contributed by atoms with van der Waals surface area (Å²) in [6, 6.07) is 10.1. The average molecular weight is 219 g/mol. The quantitative estimate of drug-likeness (QED) is 0.818. The Labute approximate surface area is 95.0 Å². The molecule has 1 radical (unpaired) electrons. The lowest BCUT2D eigenvalue weighted by Gasteiger charge is -2.18. The van der Waals surface area contributed by atoms with Gasteiger partial charge in [0, 0.05) is 19.5 Å². The van der Waals surface area contributed by atoms with Crippen LogP contribution in [0.25, 0.3) is 0 Å². The van der Waals surface area contributed by atoms with Gasteiger partial charge in [-0.2, -0.15) is 5.32 Å². The summed E-state index contributed by atoms with van der Waals surface area (Å²) < 4.78 is 5.21. The Kier molecular flexibility index (Phi) is 3.41. The summed E-state index contributed by atoms with van der Waals surface area (Å²) in [5.41, 5.74) is 1.18. The van der Waals surface area contributed by atoms with Crippen molar-refractivity contribution in [3.8, 4) is 0 Å². The number of ether oxygens (including phenoxy) is 1. The minimum absolute atomic E-state index is 0.193. The first kappa shape index (κ1) is 11.0. The zero-order valence-corrected chi connectivity index (χ0v) is 9.22. The van der Waals surface area contributed by atoms with Gasteiger partial charge in [-0.15, -0.1) is 0 Å². The molecule has 1 aromatic rings. The van der Waals surface area contributed by atoms with E-state index in [4.69, 9.17) is 4.74 Å². The Morgan fingerprint density at radius 2 is 2.19 bits per heavy atom. The number of hydrogen-bond acceptors (Lipinski definition) is 2. The van der Waals surface area contributed by atoms with E-state index in [9.17, 15) is 4.79 Å². The van der Waals surface area contributed by atoms with Crippen LogP contribution in [0.5, 0.6) is 0 Å². The lowest BCUT2D eigenvalue weighted by molar-refractivity contribution is 0.0797. The maximum Gasteiger partial charge on any atom is 0.408 e. The van der Waals surface area contributed by atoms with Gasteiger partial charge in [0.25, 0.3) is 0 Å². The third kappa shape index (κ3) is 2.33. The van der Waals surface area contributed by atoms with Crippen molar-refractivity contribution in [2.45, 2.75) is 18.6 Å². The lowest BCUT2D eigenvalue weighted by Crippen LogP contribution is -2.31. The summed E-state index contributed by atoms with van der Waals surface area (Å²) in [5, 5.41) is 6.74. The first-order valence-corrected chi connectivity index (χ1v) is 5.41. The fourth-order valence-corrected chi connectivity index (χ4v) is 1.93. The molecule has 85 valence electrons. The van der Waals surface area contributed by atoms with Crippen molar-refractivity contribution in [2.24, 2.45) is 0 Å². The Hall–Kier alpha value is -1.55. The van der Waals surface area contributed by atoms with Gasteiger partial charge in [-0.3, -0.25) is 0 Å². The van der Waals surface area contributed by atoms with E-state index in [1.54, 1.807) is 7.05 Å². The number of nitrogens with one attached hydrogen (secondary N) is 1. The fourth-order valence-electron chi connectivity index (χ4n) is 1.93. The van der Waals surface area contributed by atoms with E-state index in [1.165, 1.54) is 5.56 Å². The predicted molar refractivity (Wildman–Crippen MR) is 60.1 cm³/mol. The topological polar surface area (TPSA) is 52.4 Å². The number of alkyl carbamates (subject to hydrolysis) is 1. The maximum absolute atomic E-state index is 11.2. The number of carbonyl (C=O) groups excluding carboxylic acids is 1. The number of carbonyl (C=O) groups is 1. The van der Waals surface area contributed by atoms with Gasteiger partial charge in [0.2, 0.25) is 0 Å². The molecule has 1 N–H and O–H groups in total. The summed E-state index contributed by atoms with van der Waals surface area (Å²) in [6.07, 6.45) is 0.171. The van der Waals surface area contributed by atoms with E-state index in [2.05, 4.69) is 10.6 Å². The predicted octanol–water partition coefficient (Wildman–Crippen LogP) is 1.46. The second-order valence-electron chi connectivity index (χ2n) is 3.76. The lowest BCUT2D eigenvalue weighted by atomic mass is 9.97. The molecule has 0 aromatic heterocycles. The standard InChI is InChI=1S/C12H15N2O2/c1-13-12(15)16-11-10(7-8-14-11)9-5-3-2-4-6-9/h2-6,10-11H,7-8H2,1H3,(H,13,15)/t10-,11-/m1/s1. The van der Waals surface area contributed by atoms with Crippen molar-refractivity contribution < 1.29 is 9.53 Å². The third-order valence-corrected chi connectivity index (χ3v) is 2.75. The van der Waals surface area contributed by atoms with Crippen molar-refractivity contribution >= 4 is 6.09 Å². The van der Waals surface area contributed by atoms with E-state index in [0.29, 0.717) is 0 Å². The summed E-state index contributed by atoms with van der Waals surface area (Å²) >= 11 is 0. The van der Waals surface area contributed by atoms with Gasteiger partial charge in [0.15, 0.2) is 6.23 Å². The Morgan fingerprint density at radius 3 is 2.88 bits per heavy atom. The second-order valence-corrected chi connectivity index (χ2v) is 3.76. The molecule has 2 rings (SSSR count). The first-order chi connectivity index (χ1) is 7.81. The van der Waals surface area contributed by atoms with Crippen LogP contribution in [0.4, 0.5) is 4.79 Å². The van der Waals surface area contributed by atoms with Crippen LogP contribution in [0, 0.1) is 0 Å². The summed E-state index contributed by atoms with van der Waals surface area (Å²) in [6.45, 7) is 0.751. The highest BCUT2D eigenvalue weighted by atomic mass is 16.6. The van der Waals surface area contributed by atoms with Crippen molar-refractivity contribution in [2.75, 3.05) is 13.6 Å². The molecule has 0 spiro atoms. The molecule has 0 saturated carbocycles. The third-order valence-electron chi connectivity index (χ3n) is 2.75. The second kappa shape index (κ2) is 4.99. The molecule has 4 heteroatoms. The van der Waals surface area contributed by atoms with Gasteiger partial charge in [-0.1, -0.05) is 30.3 Å². The van der Waals surface area contributed by atoms with Crippen LogP contribution < -0.4 is 10.6 Å². The molecule has 0 unspecified atom stereocenters. The minimum atomic E-state index is -0.420. The molecular weight excluding hydrogens is 204 g/mol. The summed E-state index contributed by atoms with van der Waals surface area (Å²) in [5.74, 6) is 0.193. The molecule has 0 bridgehead atoms. The van der Waals surface area contributed by atoms with Gasteiger partial charge in [-0.25, -0.2) is 4.79 Å². The molecular formula is C12H15N2O2. The molecule has 1 aromatic carbocycles. The molecule has 1 aliphatic heterocycles. The van der Waals surface area contributed by atoms with Gasteiger partial charge in [-0.05, 0) is 12.0 Å².